The molecule has 0 N–H and O–H groups in total. The Kier molecular flexibility index (Phi) is 6.96. The van der Waals surface area contributed by atoms with Gasteiger partial charge in [0.05, 0.1) is 19.3 Å². The zero-order chi connectivity index (χ0) is 21.1. The minimum Gasteiger partial charge on any atom is -0.379 e. The summed E-state index contributed by atoms with van der Waals surface area (Å²) in [6, 6.07) is 15.0. The first-order chi connectivity index (χ1) is 14.5. The molecule has 2 heterocycles. The van der Waals surface area contributed by atoms with Crippen LogP contribution in [0.1, 0.15) is 29.7 Å². The van der Waals surface area contributed by atoms with E-state index in [1.54, 1.807) is 0 Å². The van der Waals surface area contributed by atoms with Crippen molar-refractivity contribution in [3.05, 3.63) is 69.7 Å². The number of ether oxygens (including phenoxy) is 2. The third-order valence-corrected chi connectivity index (χ3v) is 6.36. The highest BCUT2D eigenvalue weighted by Gasteiger charge is 2.42. The Bertz CT molecular complexity index is 854. The third kappa shape index (κ3) is 4.82. The van der Waals surface area contributed by atoms with Crippen LogP contribution in [0.3, 0.4) is 0 Å². The van der Waals surface area contributed by atoms with Crippen molar-refractivity contribution in [1.29, 1.82) is 0 Å². The number of amides is 1. The predicted molar refractivity (Wildman–Crippen MR) is 118 cm³/mol. The van der Waals surface area contributed by atoms with E-state index in [4.69, 9.17) is 32.7 Å². The zero-order valence-corrected chi connectivity index (χ0v) is 18.5. The summed E-state index contributed by atoms with van der Waals surface area (Å²) in [6.07, 6.45) is -0.122. The van der Waals surface area contributed by atoms with E-state index in [-0.39, 0.29) is 18.1 Å². The molecule has 2 aliphatic rings. The van der Waals surface area contributed by atoms with Crippen LogP contribution in [-0.4, -0.2) is 61.7 Å². The fourth-order valence-corrected chi connectivity index (χ4v) is 4.42. The molecule has 4 rings (SSSR count). The van der Waals surface area contributed by atoms with Crippen molar-refractivity contribution in [2.45, 2.75) is 24.7 Å². The average Bonchev–Trinajstić information content (AvgIpc) is 2.77. The largest absolute Gasteiger partial charge is 0.379 e. The lowest BCUT2D eigenvalue weighted by atomic mass is 9.91. The Morgan fingerprint density at radius 2 is 1.50 bits per heavy atom. The van der Waals surface area contributed by atoms with Crippen LogP contribution < -0.4 is 0 Å². The van der Waals surface area contributed by atoms with Crippen molar-refractivity contribution < 1.29 is 14.3 Å². The molecule has 0 unspecified atom stereocenters. The van der Waals surface area contributed by atoms with E-state index >= 15 is 0 Å². The summed E-state index contributed by atoms with van der Waals surface area (Å²) in [6.45, 7) is 4.08. The molecule has 2 fully saturated rings. The maximum atomic E-state index is 13.2. The molecule has 2 aromatic rings. The van der Waals surface area contributed by atoms with Crippen LogP contribution in [0.4, 0.5) is 0 Å². The molecule has 1 amide bonds. The van der Waals surface area contributed by atoms with Crippen LogP contribution in [0.25, 0.3) is 0 Å². The van der Waals surface area contributed by atoms with Crippen molar-refractivity contribution in [3.63, 3.8) is 0 Å². The maximum Gasteiger partial charge on any atom is 0.252 e. The molecule has 7 heteroatoms. The second-order valence-corrected chi connectivity index (χ2v) is 8.66. The Morgan fingerprint density at radius 1 is 0.933 bits per heavy atom. The zero-order valence-electron chi connectivity index (χ0n) is 17.0. The number of carbonyl (C=O) groups excluding carboxylic acids is 1. The molecule has 0 radical (unpaired) electrons. The monoisotopic (exact) mass is 448 g/mol. The summed E-state index contributed by atoms with van der Waals surface area (Å²) >= 11 is 12.2. The highest BCUT2D eigenvalue weighted by molar-refractivity contribution is 6.30. The lowest BCUT2D eigenvalue weighted by Gasteiger charge is -2.43. The number of rotatable bonds is 5. The van der Waals surface area contributed by atoms with E-state index in [9.17, 15) is 4.79 Å². The summed E-state index contributed by atoms with van der Waals surface area (Å²) < 4.78 is 11.9. The minimum absolute atomic E-state index is 0.00780. The topological polar surface area (TPSA) is 42.0 Å². The fraction of sp³-hybridized carbons (Fsp3) is 0.435. The van der Waals surface area contributed by atoms with Crippen LogP contribution in [0, 0.1) is 0 Å². The Hall–Kier alpha value is -1.63. The quantitative estimate of drug-likeness (QED) is 0.681. The number of likely N-dealkylation sites (N-methyl/N-ethyl adjacent to an activating group) is 1. The summed E-state index contributed by atoms with van der Waals surface area (Å²) in [5.41, 5.74) is 1.98. The molecule has 2 aromatic carbocycles. The second kappa shape index (κ2) is 9.67. The molecule has 0 aromatic heterocycles. The molecule has 160 valence electrons. The van der Waals surface area contributed by atoms with Crippen molar-refractivity contribution >= 4 is 29.1 Å². The molecule has 2 aliphatic heterocycles. The maximum absolute atomic E-state index is 13.2. The van der Waals surface area contributed by atoms with Crippen molar-refractivity contribution in [2.75, 3.05) is 39.9 Å². The van der Waals surface area contributed by atoms with E-state index in [2.05, 4.69) is 4.90 Å². The van der Waals surface area contributed by atoms with E-state index in [1.807, 2.05) is 60.5 Å². The molecule has 0 spiro atoms. The lowest BCUT2D eigenvalue weighted by molar-refractivity contribution is -0.172. The second-order valence-electron chi connectivity index (χ2n) is 7.79. The number of halogens is 2. The first kappa shape index (κ1) is 21.6. The third-order valence-electron chi connectivity index (χ3n) is 5.86. The van der Waals surface area contributed by atoms with Crippen LogP contribution in [0.5, 0.6) is 0 Å². The number of benzene rings is 2. The van der Waals surface area contributed by atoms with Crippen molar-refractivity contribution in [2.24, 2.45) is 0 Å². The van der Waals surface area contributed by atoms with E-state index in [0.717, 1.165) is 44.0 Å². The Morgan fingerprint density at radius 3 is 2.10 bits per heavy atom. The van der Waals surface area contributed by atoms with Gasteiger partial charge in [-0.25, -0.2) is 0 Å². The van der Waals surface area contributed by atoms with Gasteiger partial charge in [0.15, 0.2) is 0 Å². The van der Waals surface area contributed by atoms with Crippen LogP contribution >= 0.6 is 23.2 Å². The Balaban J connectivity index is 1.59. The standard InChI is InChI=1S/C23H26Cl2N2O3/c1-26-21(16-2-6-18(24)7-3-16)22(17-4-8-19(25)9-5-17)30-20(23(26)28)10-11-27-12-14-29-15-13-27/h2-9,20-22H,10-15H2,1H3/t20-,21+,22-/m1/s1. The SMILES string of the molecule is CN1C(=O)[C@@H](CCN2CCOCC2)O[C@H](c2ccc(Cl)cc2)[C@@H]1c1ccc(Cl)cc1. The Labute approximate surface area is 187 Å². The normalized spacial score (nSPS) is 25.5. The summed E-state index contributed by atoms with van der Waals surface area (Å²) in [4.78, 5) is 17.3. The van der Waals surface area contributed by atoms with Gasteiger partial charge >= 0.3 is 0 Å². The molecule has 0 saturated carbocycles. The van der Waals surface area contributed by atoms with E-state index in [0.29, 0.717) is 16.5 Å². The first-order valence-corrected chi connectivity index (χ1v) is 11.0. The number of hydrogen-bond acceptors (Lipinski definition) is 4. The molecule has 2 saturated heterocycles. The van der Waals surface area contributed by atoms with Gasteiger partial charge in [0.1, 0.15) is 12.2 Å². The summed E-state index contributed by atoms with van der Waals surface area (Å²) in [7, 11) is 1.86. The van der Waals surface area contributed by atoms with Crippen LogP contribution in [0.15, 0.2) is 48.5 Å². The van der Waals surface area contributed by atoms with Gasteiger partial charge in [0, 0.05) is 36.7 Å². The van der Waals surface area contributed by atoms with Gasteiger partial charge in [0.25, 0.3) is 5.91 Å². The van der Waals surface area contributed by atoms with Crippen LogP contribution in [0.2, 0.25) is 10.0 Å². The van der Waals surface area contributed by atoms with Gasteiger partial charge in [-0.15, -0.1) is 0 Å². The first-order valence-electron chi connectivity index (χ1n) is 10.3. The van der Waals surface area contributed by atoms with Crippen molar-refractivity contribution in [1.82, 2.24) is 9.80 Å². The molecule has 0 bridgehead atoms. The van der Waals surface area contributed by atoms with E-state index < -0.39 is 6.10 Å². The molecule has 30 heavy (non-hydrogen) atoms. The lowest BCUT2D eigenvalue weighted by Crippen LogP contribution is -2.50. The summed E-state index contributed by atoms with van der Waals surface area (Å²) in [5.74, 6) is 0.00780. The number of carbonyl (C=O) groups is 1. The number of hydrogen-bond donors (Lipinski definition) is 0. The van der Waals surface area contributed by atoms with Crippen LogP contribution in [-0.2, 0) is 14.3 Å². The number of morpholine rings is 2. The van der Waals surface area contributed by atoms with Gasteiger partial charge in [-0.3, -0.25) is 9.69 Å². The molecular formula is C23H26Cl2N2O3. The summed E-state index contributed by atoms with van der Waals surface area (Å²) in [5, 5.41) is 1.33. The predicted octanol–water partition coefficient (Wildman–Crippen LogP) is 4.36. The van der Waals surface area contributed by atoms with Gasteiger partial charge in [-0.1, -0.05) is 47.5 Å². The number of nitrogens with zero attached hydrogens (tertiary/aromatic N) is 2. The minimum atomic E-state index is -0.484. The van der Waals surface area contributed by atoms with Gasteiger partial charge in [-0.2, -0.15) is 0 Å². The van der Waals surface area contributed by atoms with Gasteiger partial charge in [-0.05, 0) is 41.8 Å². The highest BCUT2D eigenvalue weighted by atomic mass is 35.5. The molecule has 0 aliphatic carbocycles. The molecule has 3 atom stereocenters. The van der Waals surface area contributed by atoms with Crippen molar-refractivity contribution in [3.8, 4) is 0 Å². The average molecular weight is 449 g/mol. The molecule has 5 nitrogen and oxygen atoms in total. The van der Waals surface area contributed by atoms with Gasteiger partial charge < -0.3 is 14.4 Å². The fourth-order valence-electron chi connectivity index (χ4n) is 4.16. The van der Waals surface area contributed by atoms with E-state index in [1.165, 1.54) is 0 Å². The highest BCUT2D eigenvalue weighted by Crippen LogP contribution is 2.42. The van der Waals surface area contributed by atoms with Gasteiger partial charge in [0.2, 0.25) is 0 Å². The molecular weight excluding hydrogens is 423 g/mol. The smallest absolute Gasteiger partial charge is 0.252 e.